The Hall–Kier alpha value is -1.55. The van der Waals surface area contributed by atoms with Crippen molar-refractivity contribution in [3.8, 4) is 11.5 Å². The minimum absolute atomic E-state index is 0.467. The molecule has 0 radical (unpaired) electrons. The first-order valence-corrected chi connectivity index (χ1v) is 3.97. The average Bonchev–Trinajstić information content (AvgIpc) is 2.53. The fourth-order valence-electron chi connectivity index (χ4n) is 0.952. The second kappa shape index (κ2) is 3.06. The Morgan fingerprint density at radius 3 is 2.69 bits per heavy atom. The predicted octanol–water partition coefficient (Wildman–Crippen LogP) is 1.97. The van der Waals surface area contributed by atoms with E-state index in [2.05, 4.69) is 10.1 Å². The lowest BCUT2D eigenvalue weighted by Gasteiger charge is -1.95. The molecule has 66 valence electrons. The van der Waals surface area contributed by atoms with Crippen LogP contribution in [0.3, 0.4) is 0 Å². The summed E-state index contributed by atoms with van der Waals surface area (Å²) in [6, 6.07) is 3.44. The third kappa shape index (κ3) is 1.48. The van der Waals surface area contributed by atoms with Crippen LogP contribution in [-0.4, -0.2) is 10.1 Å². The molecule has 0 spiro atoms. The minimum atomic E-state index is 0.467. The number of anilines is 1. The maximum absolute atomic E-state index is 5.67. The van der Waals surface area contributed by atoms with Crippen molar-refractivity contribution in [3.63, 3.8) is 0 Å². The van der Waals surface area contributed by atoms with E-state index < -0.39 is 0 Å². The van der Waals surface area contributed by atoms with Crippen molar-refractivity contribution < 1.29 is 4.52 Å². The van der Waals surface area contributed by atoms with Crippen LogP contribution in [0.4, 0.5) is 5.69 Å². The maximum atomic E-state index is 5.67. The van der Waals surface area contributed by atoms with Gasteiger partial charge in [0.05, 0.1) is 11.2 Å². The Bertz CT molecular complexity index is 410. The Morgan fingerprint density at radius 1 is 1.31 bits per heavy atom. The van der Waals surface area contributed by atoms with Crippen molar-refractivity contribution in [1.29, 1.82) is 0 Å². The third-order valence-electron chi connectivity index (χ3n) is 1.56. The number of hydrogen-bond donors (Lipinski definition) is 1. The molecular weight excluding hydrogens is 190 g/mol. The van der Waals surface area contributed by atoms with Gasteiger partial charge >= 0.3 is 0 Å². The van der Waals surface area contributed by atoms with Crippen molar-refractivity contribution in [1.82, 2.24) is 10.1 Å². The lowest BCUT2D eigenvalue weighted by atomic mass is 10.3. The third-order valence-corrected chi connectivity index (χ3v) is 1.78. The summed E-state index contributed by atoms with van der Waals surface area (Å²) in [5.41, 5.74) is 6.67. The summed E-state index contributed by atoms with van der Waals surface area (Å²) in [7, 11) is 0. The van der Waals surface area contributed by atoms with Gasteiger partial charge < -0.3 is 10.3 Å². The zero-order valence-corrected chi connectivity index (χ0v) is 7.32. The van der Waals surface area contributed by atoms with E-state index in [9.17, 15) is 0 Å². The molecule has 0 saturated carbocycles. The quantitative estimate of drug-likeness (QED) is 0.756. The molecule has 2 aromatic rings. The average molecular weight is 196 g/mol. The number of nitrogens with zero attached hydrogens (tertiary/aromatic N) is 2. The molecule has 0 aliphatic carbocycles. The van der Waals surface area contributed by atoms with Crippen LogP contribution in [-0.2, 0) is 0 Å². The highest BCUT2D eigenvalue weighted by atomic mass is 35.5. The van der Waals surface area contributed by atoms with Gasteiger partial charge in [0.25, 0.3) is 0 Å². The first kappa shape index (κ1) is 8.07. The molecule has 0 atom stereocenters. The van der Waals surface area contributed by atoms with Gasteiger partial charge in [-0.25, -0.2) is 0 Å². The monoisotopic (exact) mass is 195 g/mol. The van der Waals surface area contributed by atoms with Crippen molar-refractivity contribution in [2.75, 3.05) is 5.73 Å². The molecule has 0 bridgehead atoms. The molecule has 13 heavy (non-hydrogen) atoms. The summed E-state index contributed by atoms with van der Waals surface area (Å²) in [5.74, 6) is 0.469. The van der Waals surface area contributed by atoms with Crippen molar-refractivity contribution in [3.05, 3.63) is 29.5 Å². The number of nitrogens with two attached hydrogens (primary N) is 1. The van der Waals surface area contributed by atoms with E-state index in [1.165, 1.54) is 12.4 Å². The summed E-state index contributed by atoms with van der Waals surface area (Å²) in [6.45, 7) is 0. The van der Waals surface area contributed by atoms with Crippen LogP contribution in [0.25, 0.3) is 11.5 Å². The Morgan fingerprint density at radius 2 is 2.15 bits per heavy atom. The van der Waals surface area contributed by atoms with Gasteiger partial charge in [0.1, 0.15) is 11.4 Å². The lowest BCUT2D eigenvalue weighted by Crippen LogP contribution is -1.86. The van der Waals surface area contributed by atoms with Gasteiger partial charge in [0.15, 0.2) is 0 Å². The molecule has 0 aromatic carbocycles. The first-order chi connectivity index (χ1) is 6.27. The number of hydrogen-bond acceptors (Lipinski definition) is 4. The number of nitrogen functional groups attached to an aromatic ring is 1. The van der Waals surface area contributed by atoms with E-state index >= 15 is 0 Å². The smallest absolute Gasteiger partial charge is 0.208 e. The molecule has 0 aliphatic rings. The molecular formula is C8H6ClN3O. The van der Waals surface area contributed by atoms with Gasteiger partial charge in [-0.2, -0.15) is 0 Å². The van der Waals surface area contributed by atoms with Crippen LogP contribution in [0.2, 0.25) is 5.02 Å². The van der Waals surface area contributed by atoms with Crippen LogP contribution in [0.1, 0.15) is 0 Å². The molecule has 0 unspecified atom stereocenters. The zero-order chi connectivity index (χ0) is 9.26. The second-order valence-corrected chi connectivity index (χ2v) is 2.91. The molecule has 4 nitrogen and oxygen atoms in total. The lowest BCUT2D eigenvalue weighted by molar-refractivity contribution is 0.431. The van der Waals surface area contributed by atoms with Gasteiger partial charge in [-0.1, -0.05) is 16.8 Å². The largest absolute Gasteiger partial charge is 0.394 e. The van der Waals surface area contributed by atoms with Crippen LogP contribution in [0.5, 0.6) is 0 Å². The predicted molar refractivity (Wildman–Crippen MR) is 49.2 cm³/mol. The second-order valence-electron chi connectivity index (χ2n) is 2.47. The van der Waals surface area contributed by atoms with E-state index in [0.29, 0.717) is 22.2 Å². The SMILES string of the molecule is Nc1cnoc1-c1ccc(Cl)cn1. The molecule has 0 saturated heterocycles. The summed E-state index contributed by atoms with van der Waals surface area (Å²) >= 11 is 5.67. The van der Waals surface area contributed by atoms with Crippen molar-refractivity contribution in [2.24, 2.45) is 0 Å². The van der Waals surface area contributed by atoms with Gasteiger partial charge in [-0.3, -0.25) is 4.98 Å². The van der Waals surface area contributed by atoms with E-state index in [1.807, 2.05) is 0 Å². The summed E-state index contributed by atoms with van der Waals surface area (Å²) in [4.78, 5) is 4.04. The molecule has 0 fully saturated rings. The summed E-state index contributed by atoms with van der Waals surface area (Å²) < 4.78 is 4.91. The molecule has 0 aliphatic heterocycles. The summed E-state index contributed by atoms with van der Waals surface area (Å²) in [6.07, 6.45) is 2.96. The minimum Gasteiger partial charge on any atom is -0.394 e. The van der Waals surface area contributed by atoms with E-state index in [0.717, 1.165) is 0 Å². The Balaban J connectivity index is 2.47. The standard InChI is InChI=1S/C8H6ClN3O/c9-5-1-2-7(11-3-5)8-6(10)4-12-13-8/h1-4H,10H2. The van der Waals surface area contributed by atoms with Crippen LogP contribution >= 0.6 is 11.6 Å². The molecule has 2 heterocycles. The molecule has 2 N–H and O–H groups in total. The Labute approximate surface area is 79.3 Å². The van der Waals surface area contributed by atoms with E-state index in [4.69, 9.17) is 21.9 Å². The van der Waals surface area contributed by atoms with Gasteiger partial charge in [-0.15, -0.1) is 0 Å². The van der Waals surface area contributed by atoms with Crippen molar-refractivity contribution >= 4 is 17.3 Å². The van der Waals surface area contributed by atoms with E-state index in [1.54, 1.807) is 12.1 Å². The molecule has 5 heteroatoms. The van der Waals surface area contributed by atoms with Crippen molar-refractivity contribution in [2.45, 2.75) is 0 Å². The fraction of sp³-hybridized carbons (Fsp3) is 0. The van der Waals surface area contributed by atoms with Gasteiger partial charge in [-0.05, 0) is 12.1 Å². The highest BCUT2D eigenvalue weighted by Gasteiger charge is 2.08. The fourth-order valence-corrected chi connectivity index (χ4v) is 1.06. The van der Waals surface area contributed by atoms with Gasteiger partial charge in [0, 0.05) is 6.20 Å². The van der Waals surface area contributed by atoms with Crippen LogP contribution in [0.15, 0.2) is 29.0 Å². The first-order valence-electron chi connectivity index (χ1n) is 3.59. The molecule has 2 aromatic heterocycles. The molecule has 2 rings (SSSR count). The van der Waals surface area contributed by atoms with E-state index in [-0.39, 0.29) is 0 Å². The van der Waals surface area contributed by atoms with Crippen LogP contribution < -0.4 is 5.73 Å². The number of aromatic nitrogens is 2. The number of rotatable bonds is 1. The normalized spacial score (nSPS) is 10.2. The highest BCUT2D eigenvalue weighted by molar-refractivity contribution is 6.30. The summed E-state index contributed by atoms with van der Waals surface area (Å²) in [5, 5.41) is 4.12. The number of halogens is 1. The zero-order valence-electron chi connectivity index (χ0n) is 6.57. The maximum Gasteiger partial charge on any atom is 0.208 e. The van der Waals surface area contributed by atoms with Gasteiger partial charge in [0.2, 0.25) is 5.76 Å². The Kier molecular flexibility index (Phi) is 1.90. The topological polar surface area (TPSA) is 64.9 Å². The molecule has 0 amide bonds. The number of pyridine rings is 1. The highest BCUT2D eigenvalue weighted by Crippen LogP contribution is 2.23. The van der Waals surface area contributed by atoms with Crippen LogP contribution in [0, 0.1) is 0 Å².